The Bertz CT molecular complexity index is 2130. The number of carbonyl (C=O) groups is 4. The number of halogens is 4. The zero-order chi connectivity index (χ0) is 42.2. The summed E-state index contributed by atoms with van der Waals surface area (Å²) < 4.78 is 0. The van der Waals surface area contributed by atoms with Gasteiger partial charge in [0.1, 0.15) is 0 Å². The molecule has 0 spiro atoms. The van der Waals surface area contributed by atoms with E-state index in [4.69, 9.17) is 46.4 Å². The molecular weight excluding hydrogens is 842 g/mol. The fourth-order valence-corrected chi connectivity index (χ4v) is 10.1. The molecule has 60 heavy (non-hydrogen) atoms. The summed E-state index contributed by atoms with van der Waals surface area (Å²) in [6, 6.07) is 31.7. The Morgan fingerprint density at radius 2 is 0.967 bits per heavy atom. The first-order chi connectivity index (χ1) is 29.0. The summed E-state index contributed by atoms with van der Waals surface area (Å²) in [5, 5.41) is 13.9. The van der Waals surface area contributed by atoms with E-state index in [-0.39, 0.29) is 48.8 Å². The quantitative estimate of drug-likeness (QED) is 0.114. The van der Waals surface area contributed by atoms with Crippen molar-refractivity contribution >= 4 is 70.0 Å². The molecule has 0 radical (unpaired) electrons. The zero-order valence-electron chi connectivity index (χ0n) is 33.2. The number of amides is 4. The van der Waals surface area contributed by atoms with Crippen molar-refractivity contribution in [1.29, 1.82) is 0 Å². The minimum absolute atomic E-state index is 0.0229. The Hall–Kier alpha value is -4.16. The second kappa shape index (κ2) is 20.6. The largest absolute Gasteiger partial charge is 0.352 e. The predicted molar refractivity (Wildman–Crippen MR) is 238 cm³/mol. The second-order valence-corrected chi connectivity index (χ2v) is 17.9. The SMILES string of the molecule is O=C(CNC(=O)c1cccc(Cl)c1)NC1CC2CCC(C1)N2Cc1ccccc1.O=C(CNC(=O)c1cccc(Cl)c1)NC1C[C@H]2CC[C@@H](C1)N2Cc1ccc(Cl)cc1Cl. The molecule has 4 heterocycles. The minimum atomic E-state index is -0.313. The van der Waals surface area contributed by atoms with Crippen LogP contribution < -0.4 is 21.3 Å². The highest BCUT2D eigenvalue weighted by atomic mass is 35.5. The van der Waals surface area contributed by atoms with Gasteiger partial charge in [-0.15, -0.1) is 0 Å². The number of fused-ring (bicyclic) bond motifs is 4. The zero-order valence-corrected chi connectivity index (χ0v) is 36.2. The molecular formula is C46H50Cl4N6O4. The Morgan fingerprint density at radius 1 is 0.517 bits per heavy atom. The number of rotatable bonds is 12. The van der Waals surface area contributed by atoms with Gasteiger partial charge in [-0.05, 0) is 111 Å². The van der Waals surface area contributed by atoms with Crippen molar-refractivity contribution in [3.8, 4) is 0 Å². The molecule has 4 aliphatic rings. The van der Waals surface area contributed by atoms with E-state index in [0.717, 1.165) is 57.2 Å². The van der Waals surface area contributed by atoms with Crippen LogP contribution in [-0.2, 0) is 22.7 Å². The van der Waals surface area contributed by atoms with E-state index in [1.807, 2.05) is 18.2 Å². The molecule has 8 rings (SSSR count). The summed E-state index contributed by atoms with van der Waals surface area (Å²) in [5.41, 5.74) is 3.31. The normalized spacial score (nSPS) is 23.2. The molecule has 4 amide bonds. The van der Waals surface area contributed by atoms with E-state index in [0.29, 0.717) is 55.4 Å². The highest BCUT2D eigenvalue weighted by Crippen LogP contribution is 2.39. The highest BCUT2D eigenvalue weighted by Gasteiger charge is 2.42. The average molecular weight is 893 g/mol. The van der Waals surface area contributed by atoms with Gasteiger partial charge in [-0.25, -0.2) is 0 Å². The van der Waals surface area contributed by atoms with Gasteiger partial charge >= 0.3 is 0 Å². The number of benzene rings is 4. The first-order valence-electron chi connectivity index (χ1n) is 20.6. The summed E-state index contributed by atoms with van der Waals surface area (Å²) in [4.78, 5) is 54.2. The Morgan fingerprint density at radius 3 is 1.42 bits per heavy atom. The number of hydrogen-bond donors (Lipinski definition) is 4. The molecule has 4 bridgehead atoms. The molecule has 4 fully saturated rings. The van der Waals surface area contributed by atoms with Gasteiger partial charge in [0.25, 0.3) is 11.8 Å². The highest BCUT2D eigenvalue weighted by molar-refractivity contribution is 6.35. The molecule has 4 N–H and O–H groups in total. The fourth-order valence-electron chi connectivity index (χ4n) is 9.28. The first kappa shape index (κ1) is 43.9. The lowest BCUT2D eigenvalue weighted by atomic mass is 9.96. The molecule has 0 aliphatic carbocycles. The lowest BCUT2D eigenvalue weighted by Gasteiger charge is -2.39. The van der Waals surface area contributed by atoms with Gasteiger partial charge < -0.3 is 21.3 Å². The van der Waals surface area contributed by atoms with Crippen LogP contribution in [0.4, 0.5) is 0 Å². The molecule has 14 heteroatoms. The summed E-state index contributed by atoms with van der Waals surface area (Å²) in [6.45, 7) is 1.69. The van der Waals surface area contributed by atoms with Crippen LogP contribution in [0.3, 0.4) is 0 Å². The Kier molecular flexibility index (Phi) is 15.1. The van der Waals surface area contributed by atoms with Crippen LogP contribution in [0.1, 0.15) is 83.2 Å². The summed E-state index contributed by atoms with van der Waals surface area (Å²) in [6.07, 6.45) is 8.35. The lowest BCUT2D eigenvalue weighted by molar-refractivity contribution is -0.122. The molecule has 0 saturated carbocycles. The van der Waals surface area contributed by atoms with Gasteiger partial charge in [-0.2, -0.15) is 0 Å². The van der Waals surface area contributed by atoms with Gasteiger partial charge in [-0.1, -0.05) is 94.9 Å². The van der Waals surface area contributed by atoms with Crippen LogP contribution in [-0.4, -0.2) is 82.8 Å². The monoisotopic (exact) mass is 890 g/mol. The third-order valence-electron chi connectivity index (χ3n) is 12.1. The van der Waals surface area contributed by atoms with E-state index in [2.05, 4.69) is 55.3 Å². The minimum Gasteiger partial charge on any atom is -0.352 e. The smallest absolute Gasteiger partial charge is 0.251 e. The van der Waals surface area contributed by atoms with Gasteiger partial charge in [-0.3, -0.25) is 29.0 Å². The van der Waals surface area contributed by atoms with E-state index in [1.165, 1.54) is 18.4 Å². The molecule has 316 valence electrons. The maximum Gasteiger partial charge on any atom is 0.251 e. The van der Waals surface area contributed by atoms with Crippen molar-refractivity contribution in [2.45, 2.75) is 101 Å². The molecule has 4 aliphatic heterocycles. The van der Waals surface area contributed by atoms with Crippen molar-refractivity contribution in [2.75, 3.05) is 13.1 Å². The number of carbonyl (C=O) groups excluding carboxylic acids is 4. The summed E-state index contributed by atoms with van der Waals surface area (Å²) in [7, 11) is 0. The molecule has 10 nitrogen and oxygen atoms in total. The second-order valence-electron chi connectivity index (χ2n) is 16.2. The van der Waals surface area contributed by atoms with Crippen molar-refractivity contribution in [2.24, 2.45) is 0 Å². The van der Waals surface area contributed by atoms with Crippen LogP contribution in [0.25, 0.3) is 0 Å². The average Bonchev–Trinajstić information content (AvgIpc) is 3.59. The molecule has 4 saturated heterocycles. The van der Waals surface area contributed by atoms with E-state index in [9.17, 15) is 19.2 Å². The lowest BCUT2D eigenvalue weighted by Crippen LogP contribution is -2.51. The third-order valence-corrected chi connectivity index (χ3v) is 13.1. The summed E-state index contributed by atoms with van der Waals surface area (Å²) >= 11 is 24.2. The maximum atomic E-state index is 12.4. The van der Waals surface area contributed by atoms with Crippen LogP contribution >= 0.6 is 46.4 Å². The van der Waals surface area contributed by atoms with Crippen LogP contribution in [0, 0.1) is 0 Å². The van der Waals surface area contributed by atoms with E-state index >= 15 is 0 Å². The number of nitrogens with one attached hydrogen (secondary N) is 4. The molecule has 5 atom stereocenters. The summed E-state index contributed by atoms with van der Waals surface area (Å²) in [5.74, 6) is -0.914. The fraction of sp³-hybridized carbons (Fsp3) is 0.391. The standard InChI is InChI=1S/C23H24Cl3N3O2.C23H26ClN3O2/c24-16-3-1-2-14(8-16)23(31)27-12-22(30)28-18-10-19-6-7-20(11-18)29(19)13-15-4-5-17(25)9-21(15)26;24-18-8-4-7-17(11-18)23(29)25-14-22(28)26-19-12-20-9-10-21(13-19)27(20)15-16-5-2-1-3-6-16/h1-5,8-9,18-20H,6-7,10-13H2,(H,27,31)(H,28,30);1-8,11,19-21H,9-10,12-15H2,(H,25,29)(H,26,28)/t18?,19-,20+;. The first-order valence-corrected chi connectivity index (χ1v) is 22.1. The van der Waals surface area contributed by atoms with Crippen molar-refractivity contribution in [1.82, 2.24) is 31.1 Å². The maximum absolute atomic E-state index is 12.4. The van der Waals surface area contributed by atoms with E-state index in [1.54, 1.807) is 54.6 Å². The van der Waals surface area contributed by atoms with Gasteiger partial charge in [0.05, 0.1) is 13.1 Å². The van der Waals surface area contributed by atoms with Gasteiger partial charge in [0, 0.05) is 80.6 Å². The van der Waals surface area contributed by atoms with Crippen LogP contribution in [0.5, 0.6) is 0 Å². The topological polar surface area (TPSA) is 123 Å². The molecule has 4 aromatic carbocycles. The molecule has 3 unspecified atom stereocenters. The number of hydrogen-bond acceptors (Lipinski definition) is 6. The molecule has 4 aromatic rings. The number of piperidine rings is 2. The van der Waals surface area contributed by atoms with Crippen molar-refractivity contribution in [3.05, 3.63) is 139 Å². The predicted octanol–water partition coefficient (Wildman–Crippen LogP) is 8.07. The Balaban J connectivity index is 0.000000182. The van der Waals surface area contributed by atoms with E-state index < -0.39 is 0 Å². The van der Waals surface area contributed by atoms with Gasteiger partial charge in [0.2, 0.25) is 11.8 Å². The third kappa shape index (κ3) is 11.8. The van der Waals surface area contributed by atoms with Crippen molar-refractivity contribution < 1.29 is 19.2 Å². The van der Waals surface area contributed by atoms with Crippen molar-refractivity contribution in [3.63, 3.8) is 0 Å². The molecule has 0 aromatic heterocycles. The van der Waals surface area contributed by atoms with Crippen LogP contribution in [0.15, 0.2) is 97.1 Å². The Labute approximate surface area is 371 Å². The van der Waals surface area contributed by atoms with Crippen LogP contribution in [0.2, 0.25) is 20.1 Å². The van der Waals surface area contributed by atoms with Gasteiger partial charge in [0.15, 0.2) is 0 Å². The number of nitrogens with zero attached hydrogens (tertiary/aromatic N) is 2.